The van der Waals surface area contributed by atoms with Crippen LogP contribution in [0.4, 0.5) is 4.79 Å². The number of rotatable bonds is 6. The van der Waals surface area contributed by atoms with E-state index in [-0.39, 0.29) is 11.8 Å². The van der Waals surface area contributed by atoms with E-state index in [0.29, 0.717) is 13.2 Å². The van der Waals surface area contributed by atoms with Crippen LogP contribution >= 0.6 is 15.9 Å². The van der Waals surface area contributed by atoms with E-state index in [0.717, 1.165) is 15.8 Å². The lowest BCUT2D eigenvalue weighted by Crippen LogP contribution is -2.29. The van der Waals surface area contributed by atoms with E-state index in [1.54, 1.807) is 7.11 Å². The van der Waals surface area contributed by atoms with Crippen LogP contribution in [0.15, 0.2) is 71.2 Å². The van der Waals surface area contributed by atoms with Crippen molar-refractivity contribution in [3.8, 4) is 16.9 Å². The molecule has 1 amide bonds. The quantitative estimate of drug-likeness (QED) is 0.478. The zero-order valence-corrected chi connectivity index (χ0v) is 18.6. The van der Waals surface area contributed by atoms with Gasteiger partial charge in [-0.2, -0.15) is 0 Å². The maximum atomic E-state index is 12.4. The number of halogens is 1. The van der Waals surface area contributed by atoms with Gasteiger partial charge in [0.1, 0.15) is 12.4 Å². The van der Waals surface area contributed by atoms with Gasteiger partial charge in [-0.15, -0.1) is 0 Å². The Hall–Kier alpha value is -2.79. The van der Waals surface area contributed by atoms with Crippen LogP contribution in [0.5, 0.6) is 5.75 Å². The molecule has 4 rings (SSSR count). The second kappa shape index (κ2) is 8.92. The van der Waals surface area contributed by atoms with Gasteiger partial charge in [0.2, 0.25) is 0 Å². The van der Waals surface area contributed by atoms with E-state index in [1.165, 1.54) is 22.3 Å². The zero-order chi connectivity index (χ0) is 21.1. The minimum Gasteiger partial charge on any atom is -0.496 e. The van der Waals surface area contributed by atoms with Gasteiger partial charge in [0.25, 0.3) is 0 Å². The van der Waals surface area contributed by atoms with Crippen molar-refractivity contribution in [2.75, 3.05) is 20.3 Å². The van der Waals surface area contributed by atoms with Crippen molar-refractivity contribution in [1.29, 1.82) is 0 Å². The number of hydrogen-bond acceptors (Lipinski definition) is 3. The lowest BCUT2D eigenvalue weighted by atomic mass is 9.98. The summed E-state index contributed by atoms with van der Waals surface area (Å²) in [6.07, 6.45) is -0.396. The number of carbonyl (C=O) groups is 1. The number of ether oxygens (including phenoxy) is 2. The maximum absolute atomic E-state index is 12.4. The van der Waals surface area contributed by atoms with Crippen molar-refractivity contribution in [3.05, 3.63) is 87.9 Å². The largest absolute Gasteiger partial charge is 0.496 e. The van der Waals surface area contributed by atoms with Gasteiger partial charge in [-0.25, -0.2) is 4.79 Å². The molecule has 0 radical (unpaired) electrons. The number of fused-ring (bicyclic) bond motifs is 3. The van der Waals surface area contributed by atoms with Crippen LogP contribution < -0.4 is 10.1 Å². The molecular weight excluding hydrogens is 442 g/mol. The van der Waals surface area contributed by atoms with Crippen LogP contribution in [0.1, 0.15) is 35.4 Å². The number of benzene rings is 3. The molecular formula is C25H24BrNO3. The third-order valence-electron chi connectivity index (χ3n) is 5.64. The minimum atomic E-state index is -0.396. The Bertz CT molecular complexity index is 1020. The Kier molecular flexibility index (Phi) is 6.09. The lowest BCUT2D eigenvalue weighted by Gasteiger charge is -2.17. The van der Waals surface area contributed by atoms with Gasteiger partial charge >= 0.3 is 6.09 Å². The first kappa shape index (κ1) is 20.5. The van der Waals surface area contributed by atoms with E-state index >= 15 is 0 Å². The first-order valence-electron chi connectivity index (χ1n) is 10.0. The molecule has 0 saturated carbocycles. The molecule has 1 atom stereocenters. The molecule has 0 bridgehead atoms. The molecule has 0 saturated heterocycles. The van der Waals surface area contributed by atoms with Crippen LogP contribution in [0.3, 0.4) is 0 Å². The SMILES string of the molecule is COc1cc(C(C)CNC(=O)OCC2c3ccccc3-c3ccccc32)ccc1Br. The first-order chi connectivity index (χ1) is 14.6. The average Bonchev–Trinajstić information content (AvgIpc) is 3.10. The third-order valence-corrected chi connectivity index (χ3v) is 6.30. The molecule has 1 aliphatic rings. The Morgan fingerprint density at radius 1 is 1.03 bits per heavy atom. The number of carbonyl (C=O) groups excluding carboxylic acids is 1. The molecule has 0 spiro atoms. The van der Waals surface area contributed by atoms with Crippen LogP contribution in [-0.4, -0.2) is 26.4 Å². The standard InChI is InChI=1S/C25H24BrNO3/c1-16(17-11-12-23(26)24(13-17)29-2)14-27-25(28)30-15-22-20-9-5-3-7-18(20)19-8-4-6-10-21(19)22/h3-13,16,22H,14-15H2,1-2H3,(H,27,28). The fourth-order valence-electron chi connectivity index (χ4n) is 3.99. The average molecular weight is 466 g/mol. The van der Waals surface area contributed by atoms with Crippen molar-refractivity contribution in [3.63, 3.8) is 0 Å². The molecule has 1 N–H and O–H groups in total. The molecule has 5 heteroatoms. The molecule has 4 nitrogen and oxygen atoms in total. The van der Waals surface area contributed by atoms with Gasteiger partial charge in [-0.1, -0.05) is 61.5 Å². The highest BCUT2D eigenvalue weighted by molar-refractivity contribution is 9.10. The fraction of sp³-hybridized carbons (Fsp3) is 0.240. The second-order valence-corrected chi connectivity index (χ2v) is 8.36. The number of nitrogens with one attached hydrogen (secondary N) is 1. The lowest BCUT2D eigenvalue weighted by molar-refractivity contribution is 0.142. The predicted molar refractivity (Wildman–Crippen MR) is 122 cm³/mol. The molecule has 0 heterocycles. The summed E-state index contributed by atoms with van der Waals surface area (Å²) in [5.74, 6) is 0.976. The summed E-state index contributed by atoms with van der Waals surface area (Å²) >= 11 is 3.46. The molecule has 0 fully saturated rings. The number of hydrogen-bond donors (Lipinski definition) is 1. The monoisotopic (exact) mass is 465 g/mol. The van der Waals surface area contributed by atoms with Crippen molar-refractivity contribution in [1.82, 2.24) is 5.32 Å². The molecule has 30 heavy (non-hydrogen) atoms. The van der Waals surface area contributed by atoms with Gasteiger partial charge in [0, 0.05) is 12.5 Å². The maximum Gasteiger partial charge on any atom is 0.407 e. The highest BCUT2D eigenvalue weighted by atomic mass is 79.9. The Balaban J connectivity index is 1.36. The summed E-state index contributed by atoms with van der Waals surface area (Å²) in [5, 5.41) is 2.89. The highest BCUT2D eigenvalue weighted by Crippen LogP contribution is 2.44. The number of amides is 1. The molecule has 3 aromatic rings. The van der Waals surface area contributed by atoms with E-state index in [9.17, 15) is 4.79 Å². The summed E-state index contributed by atoms with van der Waals surface area (Å²) in [6.45, 7) is 2.87. The molecule has 1 unspecified atom stereocenters. The number of methoxy groups -OCH3 is 1. The van der Waals surface area contributed by atoms with Gasteiger partial charge in [-0.05, 0) is 61.8 Å². The molecule has 0 aliphatic heterocycles. The highest BCUT2D eigenvalue weighted by Gasteiger charge is 2.29. The first-order valence-corrected chi connectivity index (χ1v) is 10.8. The van der Waals surface area contributed by atoms with Gasteiger partial charge < -0.3 is 14.8 Å². The van der Waals surface area contributed by atoms with Gasteiger partial charge in [0.15, 0.2) is 0 Å². The summed E-state index contributed by atoms with van der Waals surface area (Å²) in [6, 6.07) is 22.6. The van der Waals surface area contributed by atoms with Crippen molar-refractivity contribution in [2.45, 2.75) is 18.8 Å². The Labute approximate surface area is 185 Å². The summed E-state index contributed by atoms with van der Waals surface area (Å²) < 4.78 is 11.9. The van der Waals surface area contributed by atoms with Crippen molar-refractivity contribution in [2.24, 2.45) is 0 Å². The second-order valence-electron chi connectivity index (χ2n) is 7.50. The zero-order valence-electron chi connectivity index (χ0n) is 17.0. The normalized spacial score (nSPS) is 13.3. The van der Waals surface area contributed by atoms with Crippen molar-refractivity contribution >= 4 is 22.0 Å². The summed E-state index contributed by atoms with van der Waals surface area (Å²) in [5.41, 5.74) is 5.96. The Morgan fingerprint density at radius 2 is 1.67 bits per heavy atom. The number of alkyl carbamates (subject to hydrolysis) is 1. The van der Waals surface area contributed by atoms with Crippen LogP contribution in [0.2, 0.25) is 0 Å². The van der Waals surface area contributed by atoms with Crippen LogP contribution in [-0.2, 0) is 4.74 Å². The molecule has 1 aliphatic carbocycles. The molecule has 154 valence electrons. The van der Waals surface area contributed by atoms with E-state index in [2.05, 4.69) is 52.4 Å². The fourth-order valence-corrected chi connectivity index (χ4v) is 4.40. The topological polar surface area (TPSA) is 47.6 Å². The van der Waals surface area contributed by atoms with Gasteiger partial charge in [0.05, 0.1) is 11.6 Å². The third kappa shape index (κ3) is 4.08. The van der Waals surface area contributed by atoms with E-state index < -0.39 is 6.09 Å². The minimum absolute atomic E-state index is 0.0660. The van der Waals surface area contributed by atoms with E-state index in [1.807, 2.05) is 42.5 Å². The molecule has 3 aromatic carbocycles. The van der Waals surface area contributed by atoms with Crippen molar-refractivity contribution < 1.29 is 14.3 Å². The predicted octanol–water partition coefficient (Wildman–Crippen LogP) is 6.10. The van der Waals surface area contributed by atoms with Crippen LogP contribution in [0.25, 0.3) is 11.1 Å². The van der Waals surface area contributed by atoms with Gasteiger partial charge in [-0.3, -0.25) is 0 Å². The Morgan fingerprint density at radius 3 is 2.30 bits per heavy atom. The summed E-state index contributed by atoms with van der Waals surface area (Å²) in [7, 11) is 1.64. The molecule has 0 aromatic heterocycles. The van der Waals surface area contributed by atoms with E-state index in [4.69, 9.17) is 9.47 Å². The smallest absolute Gasteiger partial charge is 0.407 e. The summed E-state index contributed by atoms with van der Waals surface area (Å²) in [4.78, 5) is 12.4. The van der Waals surface area contributed by atoms with Crippen LogP contribution in [0, 0.1) is 0 Å².